The minimum Gasteiger partial charge on any atom is -0.478 e. The van der Waals surface area contributed by atoms with Crippen LogP contribution >= 0.6 is 0 Å². The Labute approximate surface area is 238 Å². The number of aromatic carboxylic acids is 1. The zero-order valence-electron chi connectivity index (χ0n) is 24.3. The van der Waals surface area contributed by atoms with Crippen LogP contribution in [-0.4, -0.2) is 29.1 Å². The summed E-state index contributed by atoms with van der Waals surface area (Å²) < 4.78 is 26.4. The van der Waals surface area contributed by atoms with Gasteiger partial charge in [-0.1, -0.05) is 90.2 Å². The van der Waals surface area contributed by atoms with E-state index in [0.29, 0.717) is 17.5 Å². The first-order chi connectivity index (χ1) is 19.3. The first-order valence-electron chi connectivity index (χ1n) is 14.9. The lowest BCUT2D eigenvalue weighted by molar-refractivity contribution is -0.134. The maximum absolute atomic E-state index is 15.3. The highest BCUT2D eigenvalue weighted by Gasteiger charge is 2.22. The lowest BCUT2D eigenvalue weighted by atomic mass is 9.99. The highest BCUT2D eigenvalue weighted by atomic mass is 19.1. The van der Waals surface area contributed by atoms with Crippen LogP contribution in [0.3, 0.4) is 0 Å². The van der Waals surface area contributed by atoms with Crippen LogP contribution in [0.2, 0.25) is 0 Å². The number of esters is 2. The van der Waals surface area contributed by atoms with E-state index in [9.17, 15) is 19.5 Å². The molecule has 0 aliphatic rings. The summed E-state index contributed by atoms with van der Waals surface area (Å²) in [4.78, 5) is 36.7. The largest absolute Gasteiger partial charge is 0.478 e. The minimum atomic E-state index is -1.43. The second-order valence-electron chi connectivity index (χ2n) is 10.4. The Morgan fingerprint density at radius 2 is 1.38 bits per heavy atom. The van der Waals surface area contributed by atoms with E-state index < -0.39 is 29.3 Å². The number of unbranched alkanes of at least 4 members (excludes halogenated alkanes) is 10. The van der Waals surface area contributed by atoms with Crippen molar-refractivity contribution in [3.63, 3.8) is 0 Å². The van der Waals surface area contributed by atoms with Gasteiger partial charge in [-0.25, -0.2) is 14.0 Å². The predicted molar refractivity (Wildman–Crippen MR) is 155 cm³/mol. The molecule has 0 saturated heterocycles. The number of carboxylic acids is 1. The van der Waals surface area contributed by atoms with Crippen LogP contribution in [0, 0.1) is 5.82 Å². The number of halogens is 1. The molecule has 0 heterocycles. The molecular formula is C33H45FO6. The van der Waals surface area contributed by atoms with Crippen LogP contribution in [-0.2, 0) is 9.53 Å². The Morgan fingerprint density at radius 3 is 1.98 bits per heavy atom. The molecule has 1 atom stereocenters. The molecule has 0 fully saturated rings. The van der Waals surface area contributed by atoms with Gasteiger partial charge in [0.1, 0.15) is 11.6 Å². The number of carbonyl (C=O) groups is 3. The first kappa shape index (κ1) is 33.0. The maximum atomic E-state index is 15.3. The van der Waals surface area contributed by atoms with E-state index >= 15 is 4.39 Å². The van der Waals surface area contributed by atoms with Gasteiger partial charge in [-0.05, 0) is 56.0 Å². The van der Waals surface area contributed by atoms with Gasteiger partial charge < -0.3 is 14.6 Å². The fourth-order valence-corrected chi connectivity index (χ4v) is 4.60. The van der Waals surface area contributed by atoms with Crippen molar-refractivity contribution in [2.24, 2.45) is 0 Å². The number of hydrogen-bond acceptors (Lipinski definition) is 5. The number of hydrogen-bond donors (Lipinski definition) is 1. The second-order valence-corrected chi connectivity index (χ2v) is 10.4. The number of ether oxygens (including phenoxy) is 2. The van der Waals surface area contributed by atoms with Gasteiger partial charge >= 0.3 is 17.9 Å². The first-order valence-corrected chi connectivity index (χ1v) is 14.9. The lowest BCUT2D eigenvalue weighted by Gasteiger charge is -2.15. The van der Waals surface area contributed by atoms with Crippen LogP contribution in [0.5, 0.6) is 5.75 Å². The van der Waals surface area contributed by atoms with Gasteiger partial charge in [-0.3, -0.25) is 4.79 Å². The number of benzene rings is 2. The average Bonchev–Trinajstić information content (AvgIpc) is 2.92. The van der Waals surface area contributed by atoms with Crippen molar-refractivity contribution in [1.82, 2.24) is 0 Å². The molecule has 0 bridgehead atoms. The van der Waals surface area contributed by atoms with Crippen molar-refractivity contribution < 1.29 is 33.4 Å². The summed E-state index contributed by atoms with van der Waals surface area (Å²) in [5, 5.41) is 9.43. The van der Waals surface area contributed by atoms with E-state index in [1.807, 2.05) is 6.92 Å². The molecule has 7 heteroatoms. The number of carbonyl (C=O) groups excluding carboxylic acids is 2. The smallest absolute Gasteiger partial charge is 0.338 e. The van der Waals surface area contributed by atoms with E-state index in [0.717, 1.165) is 57.4 Å². The molecule has 6 nitrogen and oxygen atoms in total. The number of rotatable bonds is 19. The predicted octanol–water partition coefficient (Wildman–Crippen LogP) is 9.14. The summed E-state index contributed by atoms with van der Waals surface area (Å²) in [5.74, 6) is -3.46. The molecule has 0 radical (unpaired) electrons. The van der Waals surface area contributed by atoms with Gasteiger partial charge in [0, 0.05) is 6.42 Å². The molecular weight excluding hydrogens is 511 g/mol. The third-order valence-corrected chi connectivity index (χ3v) is 6.97. The Morgan fingerprint density at radius 1 is 0.800 bits per heavy atom. The van der Waals surface area contributed by atoms with E-state index in [-0.39, 0.29) is 23.8 Å². The van der Waals surface area contributed by atoms with Gasteiger partial charge in [-0.15, -0.1) is 0 Å². The van der Waals surface area contributed by atoms with Crippen LogP contribution in [0.1, 0.15) is 131 Å². The molecule has 220 valence electrons. The average molecular weight is 557 g/mol. The topological polar surface area (TPSA) is 89.9 Å². The summed E-state index contributed by atoms with van der Waals surface area (Å²) >= 11 is 0. The van der Waals surface area contributed by atoms with Crippen molar-refractivity contribution in [3.05, 3.63) is 53.3 Å². The summed E-state index contributed by atoms with van der Waals surface area (Å²) in [6.45, 7) is 6.18. The molecule has 0 spiro atoms. The van der Waals surface area contributed by atoms with E-state index in [4.69, 9.17) is 9.47 Å². The normalized spacial score (nSPS) is 11.7. The summed E-state index contributed by atoms with van der Waals surface area (Å²) in [7, 11) is 0. The summed E-state index contributed by atoms with van der Waals surface area (Å²) in [5.41, 5.74) is -0.0709. The fourth-order valence-electron chi connectivity index (χ4n) is 4.60. The van der Waals surface area contributed by atoms with Gasteiger partial charge in [0.05, 0.1) is 22.8 Å². The van der Waals surface area contributed by atoms with Crippen molar-refractivity contribution in [3.8, 4) is 16.9 Å². The molecule has 2 aromatic rings. The van der Waals surface area contributed by atoms with Crippen LogP contribution in [0.4, 0.5) is 4.39 Å². The zero-order valence-corrected chi connectivity index (χ0v) is 24.3. The molecule has 0 saturated carbocycles. The van der Waals surface area contributed by atoms with Crippen LogP contribution in [0.25, 0.3) is 11.1 Å². The maximum Gasteiger partial charge on any atom is 0.338 e. The molecule has 0 aromatic heterocycles. The molecule has 2 rings (SSSR count). The highest BCUT2D eigenvalue weighted by Crippen LogP contribution is 2.35. The molecule has 0 aliphatic heterocycles. The Balaban J connectivity index is 2.07. The lowest BCUT2D eigenvalue weighted by Crippen LogP contribution is -2.15. The van der Waals surface area contributed by atoms with E-state index in [1.54, 1.807) is 0 Å². The van der Waals surface area contributed by atoms with Crippen LogP contribution < -0.4 is 4.74 Å². The van der Waals surface area contributed by atoms with E-state index in [1.165, 1.54) is 56.0 Å². The monoisotopic (exact) mass is 556 g/mol. The Bertz CT molecular complexity index is 1080. The molecule has 40 heavy (non-hydrogen) atoms. The molecule has 1 N–H and O–H groups in total. The van der Waals surface area contributed by atoms with E-state index in [2.05, 4.69) is 13.8 Å². The SMILES string of the molecule is CCCCCCCCCCC(=O)Oc1ccc(C(=O)O)c(F)c1-c1ccc(C(=O)O[C@H](C)CCCCCC)cc1. The Hall–Kier alpha value is -3.22. The van der Waals surface area contributed by atoms with Crippen molar-refractivity contribution in [1.29, 1.82) is 0 Å². The van der Waals surface area contributed by atoms with Crippen LogP contribution in [0.15, 0.2) is 36.4 Å². The van der Waals surface area contributed by atoms with Gasteiger partial charge in [0.15, 0.2) is 0 Å². The minimum absolute atomic E-state index is 0.0527. The quantitative estimate of drug-likeness (QED) is 0.105. The Kier molecular flexibility index (Phi) is 15.0. The molecule has 0 aliphatic carbocycles. The van der Waals surface area contributed by atoms with Crippen molar-refractivity contribution in [2.75, 3.05) is 0 Å². The second kappa shape index (κ2) is 18.2. The summed E-state index contributed by atoms with van der Waals surface area (Å²) in [6, 6.07) is 8.40. The van der Waals surface area contributed by atoms with Gasteiger partial charge in [0.25, 0.3) is 0 Å². The van der Waals surface area contributed by atoms with Crippen molar-refractivity contribution >= 4 is 17.9 Å². The molecule has 0 unspecified atom stereocenters. The van der Waals surface area contributed by atoms with Crippen molar-refractivity contribution in [2.45, 2.75) is 117 Å². The highest BCUT2D eigenvalue weighted by molar-refractivity contribution is 5.93. The van der Waals surface area contributed by atoms with Gasteiger partial charge in [0.2, 0.25) is 0 Å². The third-order valence-electron chi connectivity index (χ3n) is 6.97. The summed E-state index contributed by atoms with van der Waals surface area (Å²) in [6.07, 6.45) is 13.8. The third kappa shape index (κ3) is 11.1. The molecule has 0 amide bonds. The molecule has 2 aromatic carbocycles. The standard InChI is InChI=1S/C33H45FO6/c1-4-6-8-10-11-12-13-15-17-29(35)40-28-23-22-27(32(36)37)31(34)30(28)25-18-20-26(21-19-25)33(38)39-24(3)16-14-9-7-5-2/h18-24H,4-17H2,1-3H3,(H,36,37)/t24-/m1/s1. The fraction of sp³-hybridized carbons (Fsp3) is 0.545. The zero-order chi connectivity index (χ0) is 29.3. The number of carboxylic acid groups (broad SMARTS) is 1. The van der Waals surface area contributed by atoms with Gasteiger partial charge in [-0.2, -0.15) is 0 Å².